The van der Waals surface area contributed by atoms with Crippen molar-refractivity contribution in [1.29, 1.82) is 0 Å². The number of unbranched alkanes of at least 4 members (excludes halogenated alkanes) is 1. The topological polar surface area (TPSA) is 130 Å². The van der Waals surface area contributed by atoms with Crippen LogP contribution in [0.5, 0.6) is 0 Å². The molecule has 5 heterocycles. The van der Waals surface area contributed by atoms with Crippen molar-refractivity contribution in [3.63, 3.8) is 0 Å². The zero-order valence-electron chi connectivity index (χ0n) is 34.2. The number of aryl methyl sites for hydroxylation is 2. The number of hydrogen-bond acceptors (Lipinski definition) is 8. The number of piperidine rings is 2. The maximum atomic E-state index is 14.1. The van der Waals surface area contributed by atoms with E-state index in [0.29, 0.717) is 29.3 Å². The molecule has 1 atom stereocenters. The number of aromatic nitrogens is 1. The summed E-state index contributed by atoms with van der Waals surface area (Å²) < 4.78 is 0. The van der Waals surface area contributed by atoms with E-state index in [1.807, 2.05) is 24.3 Å². The summed E-state index contributed by atoms with van der Waals surface area (Å²) in [6, 6.07) is 15.0. The smallest absolute Gasteiger partial charge is 0.262 e. The summed E-state index contributed by atoms with van der Waals surface area (Å²) >= 11 is 0. The quantitative estimate of drug-likeness (QED) is 0.117. The Morgan fingerprint density at radius 1 is 0.831 bits per heavy atom. The van der Waals surface area contributed by atoms with Crippen LogP contribution in [0.15, 0.2) is 48.5 Å². The third-order valence-corrected chi connectivity index (χ3v) is 13.7. The molecule has 0 bridgehead atoms. The van der Waals surface area contributed by atoms with Crippen LogP contribution in [0.2, 0.25) is 0 Å². The molecule has 4 aliphatic heterocycles. The van der Waals surface area contributed by atoms with Gasteiger partial charge < -0.3 is 14.8 Å². The molecule has 12 heteroatoms. The molecule has 0 radical (unpaired) electrons. The van der Waals surface area contributed by atoms with Crippen LogP contribution >= 0.6 is 0 Å². The van der Waals surface area contributed by atoms with Crippen molar-refractivity contribution in [3.05, 3.63) is 105 Å². The van der Waals surface area contributed by atoms with Gasteiger partial charge in [0, 0.05) is 85.0 Å². The molecule has 5 aliphatic rings. The normalized spacial score (nSPS) is 21.1. The standard InChI is InChI=1S/C47H51N7O5/c1-5-28-25-34-35(47(2,3)43-41(42(34)56)32-13-12-30(48-4)26-36(32)49-43)27-38(28)53-19-16-31(17-20-53)52-23-21-51(22-24-52)18-7-6-9-29-10-8-11-33-40(29)46(59)54(45(33)58)37-14-15-39(55)50-44(37)57/h8,10-13,25-27,31,37,49H,5-7,9,14-24H2,1-3H3,(H,50,55,57). The van der Waals surface area contributed by atoms with Crippen LogP contribution in [0.3, 0.4) is 0 Å². The Morgan fingerprint density at radius 3 is 2.34 bits per heavy atom. The van der Waals surface area contributed by atoms with Gasteiger partial charge in [-0.3, -0.25) is 39.1 Å². The second-order valence-electron chi connectivity index (χ2n) is 17.4. The van der Waals surface area contributed by atoms with Crippen molar-refractivity contribution in [3.8, 4) is 0 Å². The number of anilines is 1. The first kappa shape index (κ1) is 38.9. The molecular formula is C47H51N7O5. The molecule has 1 aliphatic carbocycles. The van der Waals surface area contributed by atoms with Crippen LogP contribution in [0.1, 0.15) is 118 Å². The van der Waals surface area contributed by atoms with Crippen molar-refractivity contribution < 1.29 is 24.0 Å². The van der Waals surface area contributed by atoms with E-state index in [0.717, 1.165) is 122 Å². The molecular weight excluding hydrogens is 743 g/mol. The summed E-state index contributed by atoms with van der Waals surface area (Å²) in [6.45, 7) is 21.1. The Hall–Kier alpha value is -5.64. The van der Waals surface area contributed by atoms with Crippen LogP contribution in [0.4, 0.5) is 11.4 Å². The highest BCUT2D eigenvalue weighted by molar-refractivity contribution is 6.24. The molecule has 12 nitrogen and oxygen atoms in total. The minimum atomic E-state index is -0.956. The van der Waals surface area contributed by atoms with Crippen LogP contribution in [-0.4, -0.2) is 107 Å². The monoisotopic (exact) mass is 793 g/mol. The number of imide groups is 2. The number of H-pyrrole nitrogens is 1. The molecule has 4 amide bonds. The highest BCUT2D eigenvalue weighted by atomic mass is 16.2. The number of carbonyl (C=O) groups is 5. The number of carbonyl (C=O) groups excluding carboxylic acids is 5. The molecule has 3 saturated heterocycles. The van der Waals surface area contributed by atoms with Crippen molar-refractivity contribution >= 4 is 51.7 Å². The lowest BCUT2D eigenvalue weighted by Gasteiger charge is -2.44. The largest absolute Gasteiger partial charge is 0.371 e. The Kier molecular flexibility index (Phi) is 10.0. The van der Waals surface area contributed by atoms with E-state index in [-0.39, 0.29) is 24.5 Å². The number of piperazine rings is 1. The van der Waals surface area contributed by atoms with Crippen LogP contribution in [0, 0.1) is 6.57 Å². The van der Waals surface area contributed by atoms with Gasteiger partial charge >= 0.3 is 0 Å². The molecule has 1 unspecified atom stereocenters. The minimum absolute atomic E-state index is 0.0591. The Morgan fingerprint density at radius 2 is 1.61 bits per heavy atom. The van der Waals surface area contributed by atoms with Crippen molar-refractivity contribution in [1.82, 2.24) is 25.0 Å². The zero-order valence-corrected chi connectivity index (χ0v) is 34.2. The summed E-state index contributed by atoms with van der Waals surface area (Å²) in [5.74, 6) is -1.81. The molecule has 9 rings (SSSR count). The van der Waals surface area contributed by atoms with Crippen molar-refractivity contribution in [2.75, 3.05) is 50.7 Å². The maximum Gasteiger partial charge on any atom is 0.262 e. The van der Waals surface area contributed by atoms with E-state index >= 15 is 0 Å². The van der Waals surface area contributed by atoms with Crippen LogP contribution in [0.25, 0.3) is 15.7 Å². The van der Waals surface area contributed by atoms with Gasteiger partial charge in [0.05, 0.1) is 23.3 Å². The van der Waals surface area contributed by atoms with Gasteiger partial charge in [-0.25, -0.2) is 4.85 Å². The lowest BCUT2D eigenvalue weighted by Crippen LogP contribution is -2.54. The lowest BCUT2D eigenvalue weighted by atomic mass is 9.70. The van der Waals surface area contributed by atoms with Crippen molar-refractivity contribution in [2.45, 2.75) is 89.6 Å². The number of amides is 4. The van der Waals surface area contributed by atoms with Gasteiger partial charge in [0.25, 0.3) is 11.8 Å². The third kappa shape index (κ3) is 6.65. The van der Waals surface area contributed by atoms with Crippen LogP contribution in [-0.2, 0) is 27.8 Å². The first-order chi connectivity index (χ1) is 28.5. The zero-order chi connectivity index (χ0) is 41.2. The lowest BCUT2D eigenvalue weighted by molar-refractivity contribution is -0.136. The average molecular weight is 794 g/mol. The fourth-order valence-corrected chi connectivity index (χ4v) is 10.4. The molecule has 2 N–H and O–H groups in total. The Labute approximate surface area is 344 Å². The molecule has 4 aromatic rings. The average Bonchev–Trinajstić information content (AvgIpc) is 3.76. The molecule has 3 fully saturated rings. The van der Waals surface area contributed by atoms with Gasteiger partial charge in [-0.2, -0.15) is 0 Å². The Balaban J connectivity index is 0.779. The van der Waals surface area contributed by atoms with Gasteiger partial charge in [-0.1, -0.05) is 45.0 Å². The number of nitrogens with zero attached hydrogens (tertiary/aromatic N) is 5. The van der Waals surface area contributed by atoms with E-state index in [4.69, 9.17) is 6.57 Å². The summed E-state index contributed by atoms with van der Waals surface area (Å²) in [7, 11) is 0. The molecule has 304 valence electrons. The number of benzene rings is 3. The maximum absolute atomic E-state index is 14.1. The van der Waals surface area contributed by atoms with Gasteiger partial charge in [0.2, 0.25) is 11.8 Å². The van der Waals surface area contributed by atoms with Gasteiger partial charge in [0.1, 0.15) is 6.04 Å². The second-order valence-corrected chi connectivity index (χ2v) is 17.4. The number of hydrogen-bond donors (Lipinski definition) is 2. The van der Waals surface area contributed by atoms with Gasteiger partial charge in [0.15, 0.2) is 11.5 Å². The molecule has 3 aromatic carbocycles. The van der Waals surface area contributed by atoms with Gasteiger partial charge in [-0.05, 0) is 92.4 Å². The molecule has 0 spiro atoms. The highest BCUT2D eigenvalue weighted by Gasteiger charge is 2.46. The van der Waals surface area contributed by atoms with Crippen molar-refractivity contribution in [2.24, 2.45) is 0 Å². The summed E-state index contributed by atoms with van der Waals surface area (Å²) in [5, 5.41) is 3.15. The van der Waals surface area contributed by atoms with Gasteiger partial charge in [-0.15, -0.1) is 0 Å². The Bertz CT molecular complexity index is 2460. The first-order valence-electron chi connectivity index (χ1n) is 21.3. The first-order valence-corrected chi connectivity index (χ1v) is 21.3. The van der Waals surface area contributed by atoms with E-state index in [1.54, 1.807) is 12.1 Å². The summed E-state index contributed by atoms with van der Waals surface area (Å²) in [4.78, 5) is 81.0. The van der Waals surface area contributed by atoms with E-state index < -0.39 is 29.2 Å². The van der Waals surface area contributed by atoms with E-state index in [1.165, 1.54) is 11.3 Å². The van der Waals surface area contributed by atoms with E-state index in [9.17, 15) is 24.0 Å². The molecule has 59 heavy (non-hydrogen) atoms. The minimum Gasteiger partial charge on any atom is -0.371 e. The number of nitrogens with one attached hydrogen (secondary N) is 2. The molecule has 0 saturated carbocycles. The fourth-order valence-electron chi connectivity index (χ4n) is 10.4. The number of ketones is 1. The molecule has 1 aromatic heterocycles. The van der Waals surface area contributed by atoms with Crippen LogP contribution < -0.4 is 10.2 Å². The number of rotatable bonds is 9. The number of fused-ring (bicyclic) bond motifs is 5. The second kappa shape index (κ2) is 15.2. The van der Waals surface area contributed by atoms with E-state index in [2.05, 4.69) is 62.7 Å². The SMILES string of the molecule is [C-]#[N+]c1ccc2c3c([nH]c2c1)C(C)(C)c1cc(N2CCC(N4CCN(CCCCc5cccc6c5C(=O)N(C5CCC(=O)NC5=O)C6=O)CC4)CC2)c(CC)cc1C3=O. The predicted molar refractivity (Wildman–Crippen MR) is 225 cm³/mol. The highest BCUT2D eigenvalue weighted by Crippen LogP contribution is 2.46. The summed E-state index contributed by atoms with van der Waals surface area (Å²) in [6.07, 6.45) is 5.84. The predicted octanol–water partition coefficient (Wildman–Crippen LogP) is 6.16. The fraction of sp³-hybridized carbons (Fsp3) is 0.447. The summed E-state index contributed by atoms with van der Waals surface area (Å²) in [5.41, 5.74) is 8.54. The third-order valence-electron chi connectivity index (χ3n) is 13.7. The number of aromatic amines is 1.